The van der Waals surface area contributed by atoms with E-state index in [2.05, 4.69) is 4.98 Å². The molecular weight excluding hydrogens is 266 g/mol. The van der Waals surface area contributed by atoms with E-state index in [1.807, 2.05) is 6.92 Å². The minimum Gasteiger partial charge on any atom is -0.336 e. The van der Waals surface area contributed by atoms with E-state index in [1.165, 1.54) is 10.6 Å². The van der Waals surface area contributed by atoms with Crippen LogP contribution in [0.5, 0.6) is 0 Å². The van der Waals surface area contributed by atoms with Crippen molar-refractivity contribution in [3.8, 4) is 0 Å². The molecule has 0 atom stereocenters. The van der Waals surface area contributed by atoms with Crippen molar-refractivity contribution >= 4 is 15.8 Å². The molecule has 0 saturated heterocycles. The highest BCUT2D eigenvalue weighted by atomic mass is 32.2. The van der Waals surface area contributed by atoms with Crippen LogP contribution in [-0.2, 0) is 21.4 Å². The molecule has 7 heteroatoms. The molecule has 2 rings (SSSR count). The van der Waals surface area contributed by atoms with E-state index in [1.54, 1.807) is 17.8 Å². The highest BCUT2D eigenvalue weighted by Gasteiger charge is 2.32. The molecule has 6 nitrogen and oxygen atoms in total. The van der Waals surface area contributed by atoms with E-state index < -0.39 is 10.0 Å². The summed E-state index contributed by atoms with van der Waals surface area (Å²) in [7, 11) is -1.99. The molecule has 0 spiro atoms. The SMILES string of the molecule is CCn1cnc(S(=O)(=O)N(C)C2CCC(=O)CC2)c1. The van der Waals surface area contributed by atoms with Crippen LogP contribution >= 0.6 is 0 Å². The van der Waals surface area contributed by atoms with Crippen molar-refractivity contribution in [1.82, 2.24) is 13.9 Å². The van der Waals surface area contributed by atoms with Crippen LogP contribution in [0.25, 0.3) is 0 Å². The molecule has 1 aliphatic carbocycles. The number of Topliss-reactive ketones (excluding diaryl/α,β-unsaturated/α-hetero) is 1. The van der Waals surface area contributed by atoms with Gasteiger partial charge in [0.25, 0.3) is 10.0 Å². The molecule has 19 heavy (non-hydrogen) atoms. The molecular formula is C12H19N3O3S. The van der Waals surface area contributed by atoms with Crippen LogP contribution in [-0.4, -0.2) is 41.1 Å². The van der Waals surface area contributed by atoms with Crippen LogP contribution < -0.4 is 0 Å². The average Bonchev–Trinajstić information content (AvgIpc) is 2.88. The Kier molecular flexibility index (Phi) is 4.05. The van der Waals surface area contributed by atoms with Crippen LogP contribution in [0.1, 0.15) is 32.6 Å². The summed E-state index contributed by atoms with van der Waals surface area (Å²) in [4.78, 5) is 15.2. The van der Waals surface area contributed by atoms with Crippen molar-refractivity contribution < 1.29 is 13.2 Å². The lowest BCUT2D eigenvalue weighted by molar-refractivity contribution is -0.120. The van der Waals surface area contributed by atoms with Crippen LogP contribution in [0.4, 0.5) is 0 Å². The van der Waals surface area contributed by atoms with Gasteiger partial charge >= 0.3 is 0 Å². The third-order valence-corrected chi connectivity index (χ3v) is 5.44. The predicted molar refractivity (Wildman–Crippen MR) is 70.1 cm³/mol. The van der Waals surface area contributed by atoms with Crippen LogP contribution in [0.15, 0.2) is 17.6 Å². The fourth-order valence-corrected chi connectivity index (χ4v) is 3.62. The van der Waals surface area contributed by atoms with Gasteiger partial charge in [-0.15, -0.1) is 0 Å². The zero-order chi connectivity index (χ0) is 14.0. The first-order valence-electron chi connectivity index (χ1n) is 6.46. The summed E-state index contributed by atoms with van der Waals surface area (Å²) in [5, 5.41) is 0.0775. The summed E-state index contributed by atoms with van der Waals surface area (Å²) in [5.74, 6) is 0.220. The van der Waals surface area contributed by atoms with Crippen molar-refractivity contribution in [2.75, 3.05) is 7.05 Å². The molecule has 1 aromatic rings. The Hall–Kier alpha value is -1.21. The molecule has 106 valence electrons. The summed E-state index contributed by atoms with van der Waals surface area (Å²) in [6.07, 6.45) is 5.19. The summed E-state index contributed by atoms with van der Waals surface area (Å²) in [5.41, 5.74) is 0. The van der Waals surface area contributed by atoms with Gasteiger partial charge in [0.2, 0.25) is 0 Å². The molecule has 1 saturated carbocycles. The standard InChI is InChI=1S/C12H19N3O3S/c1-3-15-8-12(13-9-15)19(17,18)14(2)10-4-6-11(16)7-5-10/h8-10H,3-7H2,1-2H3. The molecule has 0 unspecified atom stereocenters. The van der Waals surface area contributed by atoms with Crippen LogP contribution in [0.3, 0.4) is 0 Å². The molecule has 0 aliphatic heterocycles. The van der Waals surface area contributed by atoms with Gasteiger partial charge in [-0.1, -0.05) is 0 Å². The van der Waals surface area contributed by atoms with Crippen molar-refractivity contribution in [1.29, 1.82) is 0 Å². The molecule has 1 aliphatic rings. The largest absolute Gasteiger partial charge is 0.336 e. The maximum atomic E-state index is 12.4. The number of hydrogen-bond acceptors (Lipinski definition) is 4. The first kappa shape index (κ1) is 14.2. The second kappa shape index (κ2) is 5.42. The Morgan fingerprint density at radius 2 is 2.05 bits per heavy atom. The molecule has 0 aromatic carbocycles. The third kappa shape index (κ3) is 2.87. The lowest BCUT2D eigenvalue weighted by Crippen LogP contribution is -2.39. The van der Waals surface area contributed by atoms with E-state index >= 15 is 0 Å². The number of nitrogens with zero attached hydrogens (tertiary/aromatic N) is 3. The van der Waals surface area contributed by atoms with Crippen molar-refractivity contribution in [3.63, 3.8) is 0 Å². The highest BCUT2D eigenvalue weighted by molar-refractivity contribution is 7.89. The number of carbonyl (C=O) groups excluding carboxylic acids is 1. The van der Waals surface area contributed by atoms with Gasteiger partial charge in [0, 0.05) is 38.7 Å². The van der Waals surface area contributed by atoms with E-state index in [4.69, 9.17) is 0 Å². The van der Waals surface area contributed by atoms with Gasteiger partial charge < -0.3 is 4.57 Å². The Balaban J connectivity index is 2.16. The number of ketones is 1. The summed E-state index contributed by atoms with van der Waals surface area (Å²) in [6, 6.07) is -0.102. The molecule has 0 bridgehead atoms. The van der Waals surface area contributed by atoms with Crippen molar-refractivity contribution in [2.45, 2.75) is 50.2 Å². The lowest BCUT2D eigenvalue weighted by Gasteiger charge is -2.29. The molecule has 0 amide bonds. The highest BCUT2D eigenvalue weighted by Crippen LogP contribution is 2.24. The first-order valence-corrected chi connectivity index (χ1v) is 7.90. The third-order valence-electron chi connectivity index (χ3n) is 3.65. The van der Waals surface area contributed by atoms with E-state index in [0.29, 0.717) is 32.2 Å². The molecule has 1 heterocycles. The number of sulfonamides is 1. The van der Waals surface area contributed by atoms with Gasteiger partial charge in [-0.2, -0.15) is 4.31 Å². The van der Waals surface area contributed by atoms with Gasteiger partial charge in [-0.3, -0.25) is 4.79 Å². The minimum atomic E-state index is -3.56. The van der Waals surface area contributed by atoms with Gasteiger partial charge in [-0.25, -0.2) is 13.4 Å². The van der Waals surface area contributed by atoms with Gasteiger partial charge in [0.05, 0.1) is 6.33 Å². The fourth-order valence-electron chi connectivity index (χ4n) is 2.28. The van der Waals surface area contributed by atoms with Crippen molar-refractivity contribution in [3.05, 3.63) is 12.5 Å². The molecule has 1 fully saturated rings. The normalized spacial score (nSPS) is 18.2. The second-order valence-electron chi connectivity index (χ2n) is 4.83. The lowest BCUT2D eigenvalue weighted by atomic mass is 9.95. The maximum absolute atomic E-state index is 12.4. The van der Waals surface area contributed by atoms with Gasteiger partial charge in [0.15, 0.2) is 5.03 Å². The number of rotatable bonds is 4. The van der Waals surface area contributed by atoms with Gasteiger partial charge in [0.1, 0.15) is 5.78 Å². The van der Waals surface area contributed by atoms with Crippen molar-refractivity contribution in [2.24, 2.45) is 0 Å². The Labute approximate surface area is 113 Å². The predicted octanol–water partition coefficient (Wildman–Crippen LogP) is 1.04. The van der Waals surface area contributed by atoms with Gasteiger partial charge in [-0.05, 0) is 19.8 Å². The van der Waals surface area contributed by atoms with E-state index in [0.717, 1.165) is 0 Å². The molecule has 0 radical (unpaired) electrons. The quantitative estimate of drug-likeness (QED) is 0.828. The maximum Gasteiger partial charge on any atom is 0.262 e. The van der Waals surface area contributed by atoms with Crippen LogP contribution in [0, 0.1) is 0 Å². The summed E-state index contributed by atoms with van der Waals surface area (Å²) < 4.78 is 27.9. The zero-order valence-corrected chi connectivity index (χ0v) is 12.1. The number of carbonyl (C=O) groups is 1. The molecule has 0 N–H and O–H groups in total. The Bertz CT molecular complexity index is 555. The smallest absolute Gasteiger partial charge is 0.262 e. The average molecular weight is 285 g/mol. The Morgan fingerprint density at radius 1 is 1.42 bits per heavy atom. The topological polar surface area (TPSA) is 72.3 Å². The number of aromatic nitrogens is 2. The summed E-state index contributed by atoms with van der Waals surface area (Å²) in [6.45, 7) is 2.61. The van der Waals surface area contributed by atoms with E-state index in [9.17, 15) is 13.2 Å². The zero-order valence-electron chi connectivity index (χ0n) is 11.2. The fraction of sp³-hybridized carbons (Fsp3) is 0.667. The number of hydrogen-bond donors (Lipinski definition) is 0. The first-order chi connectivity index (χ1) is 8.95. The summed E-state index contributed by atoms with van der Waals surface area (Å²) >= 11 is 0. The Morgan fingerprint density at radius 3 is 2.58 bits per heavy atom. The monoisotopic (exact) mass is 285 g/mol. The van der Waals surface area contributed by atoms with Crippen LogP contribution in [0.2, 0.25) is 0 Å². The second-order valence-corrected chi connectivity index (χ2v) is 6.78. The van der Waals surface area contributed by atoms with E-state index in [-0.39, 0.29) is 16.9 Å². The number of aryl methyl sites for hydroxylation is 1. The number of imidazole rings is 1. The molecule has 1 aromatic heterocycles. The minimum absolute atomic E-state index is 0.0775.